The molecule has 0 aliphatic heterocycles. The summed E-state index contributed by atoms with van der Waals surface area (Å²) in [6.07, 6.45) is -1.68. The molecule has 0 aliphatic rings. The molecule has 0 aliphatic carbocycles. The SMILES string of the molecule is CC(C)c1ccc(C(F)F)cc1Nc1nc(C(=O)NS(=O)(=O)N(C)C)co1. The van der Waals surface area contributed by atoms with Crippen LogP contribution in [0.1, 0.15) is 47.8 Å². The molecule has 11 heteroatoms. The first kappa shape index (κ1) is 20.8. The first-order valence-corrected chi connectivity index (χ1v) is 9.34. The smallest absolute Gasteiger partial charge is 0.303 e. The van der Waals surface area contributed by atoms with Crippen LogP contribution < -0.4 is 10.0 Å². The minimum absolute atomic E-state index is 0.0298. The lowest BCUT2D eigenvalue weighted by Gasteiger charge is -2.14. The van der Waals surface area contributed by atoms with Gasteiger partial charge in [0.25, 0.3) is 18.3 Å². The topological polar surface area (TPSA) is 105 Å². The van der Waals surface area contributed by atoms with Crippen LogP contribution >= 0.6 is 0 Å². The van der Waals surface area contributed by atoms with Gasteiger partial charge in [0.1, 0.15) is 6.26 Å². The molecule has 1 heterocycles. The Hall–Kier alpha value is -2.53. The molecule has 0 bridgehead atoms. The molecule has 0 unspecified atom stereocenters. The third-order valence-corrected chi connectivity index (χ3v) is 5.04. The fourth-order valence-electron chi connectivity index (χ4n) is 2.13. The summed E-state index contributed by atoms with van der Waals surface area (Å²) in [5, 5.41) is 2.76. The molecule has 0 atom stereocenters. The highest BCUT2D eigenvalue weighted by Crippen LogP contribution is 2.31. The van der Waals surface area contributed by atoms with Crippen LogP contribution in [-0.2, 0) is 10.2 Å². The quantitative estimate of drug-likeness (QED) is 0.738. The molecule has 27 heavy (non-hydrogen) atoms. The highest BCUT2D eigenvalue weighted by molar-refractivity contribution is 7.87. The zero-order chi connectivity index (χ0) is 20.4. The number of anilines is 2. The van der Waals surface area contributed by atoms with E-state index in [0.29, 0.717) is 5.69 Å². The Kier molecular flexibility index (Phi) is 6.16. The number of benzene rings is 1. The van der Waals surface area contributed by atoms with Crippen molar-refractivity contribution >= 4 is 27.8 Å². The Morgan fingerprint density at radius 3 is 2.48 bits per heavy atom. The standard InChI is InChI=1S/C16H20F2N4O4S/c1-9(2)11-6-5-10(14(17)18)7-12(11)19-16-20-13(8-26-16)15(23)21-27(24,25)22(3)4/h5-9,14H,1-4H3,(H,19,20)(H,21,23). The number of nitrogens with zero attached hydrogens (tertiary/aromatic N) is 2. The van der Waals surface area contributed by atoms with Gasteiger partial charge in [0.05, 0.1) is 0 Å². The fraction of sp³-hybridized carbons (Fsp3) is 0.375. The van der Waals surface area contributed by atoms with E-state index >= 15 is 0 Å². The second kappa shape index (κ2) is 8.01. The number of aromatic nitrogens is 1. The van der Waals surface area contributed by atoms with Gasteiger partial charge in [-0.1, -0.05) is 26.0 Å². The van der Waals surface area contributed by atoms with E-state index in [9.17, 15) is 22.0 Å². The minimum Gasteiger partial charge on any atom is -0.431 e. The van der Waals surface area contributed by atoms with Gasteiger partial charge in [0.15, 0.2) is 5.69 Å². The Bertz CT molecular complexity index is 926. The average Bonchev–Trinajstić information content (AvgIpc) is 3.02. The van der Waals surface area contributed by atoms with Crippen molar-refractivity contribution in [3.8, 4) is 0 Å². The lowest BCUT2D eigenvalue weighted by molar-refractivity contribution is 0.0975. The van der Waals surface area contributed by atoms with Crippen molar-refractivity contribution in [1.82, 2.24) is 14.0 Å². The second-order valence-electron chi connectivity index (χ2n) is 6.18. The molecular formula is C16H20F2N4O4S. The zero-order valence-electron chi connectivity index (χ0n) is 15.2. The van der Waals surface area contributed by atoms with Crippen LogP contribution in [0, 0.1) is 0 Å². The summed E-state index contributed by atoms with van der Waals surface area (Å²) in [4.78, 5) is 15.8. The summed E-state index contributed by atoms with van der Waals surface area (Å²) in [5.41, 5.74) is 0.652. The number of halogens is 2. The van der Waals surface area contributed by atoms with Crippen LogP contribution in [0.3, 0.4) is 0 Å². The molecule has 148 valence electrons. The number of nitrogens with one attached hydrogen (secondary N) is 2. The minimum atomic E-state index is -3.98. The number of rotatable bonds is 7. The first-order chi connectivity index (χ1) is 12.5. The van der Waals surface area contributed by atoms with E-state index in [1.165, 1.54) is 26.2 Å². The Balaban J connectivity index is 2.25. The van der Waals surface area contributed by atoms with Gasteiger partial charge in [-0.15, -0.1) is 0 Å². The predicted octanol–water partition coefficient (Wildman–Crippen LogP) is 3.02. The van der Waals surface area contributed by atoms with Crippen LogP contribution in [0.15, 0.2) is 28.9 Å². The first-order valence-electron chi connectivity index (χ1n) is 7.90. The fourth-order valence-corrected chi connectivity index (χ4v) is 2.65. The van der Waals surface area contributed by atoms with Gasteiger partial charge in [-0.2, -0.15) is 17.7 Å². The zero-order valence-corrected chi connectivity index (χ0v) is 16.0. The largest absolute Gasteiger partial charge is 0.431 e. The molecule has 8 nitrogen and oxygen atoms in total. The van der Waals surface area contributed by atoms with Crippen LogP contribution in [0.5, 0.6) is 0 Å². The monoisotopic (exact) mass is 402 g/mol. The van der Waals surface area contributed by atoms with Gasteiger partial charge < -0.3 is 9.73 Å². The lowest BCUT2D eigenvalue weighted by Crippen LogP contribution is -2.39. The van der Waals surface area contributed by atoms with Crippen molar-refractivity contribution < 1.29 is 26.4 Å². The van der Waals surface area contributed by atoms with E-state index in [1.54, 1.807) is 6.07 Å². The number of carbonyl (C=O) groups is 1. The van der Waals surface area contributed by atoms with Crippen molar-refractivity contribution in [2.75, 3.05) is 19.4 Å². The Labute approximate surface area is 155 Å². The maximum absolute atomic E-state index is 13.0. The van der Waals surface area contributed by atoms with E-state index < -0.39 is 22.5 Å². The molecule has 0 saturated heterocycles. The van der Waals surface area contributed by atoms with Gasteiger partial charge in [-0.3, -0.25) is 4.79 Å². The maximum Gasteiger partial charge on any atom is 0.303 e. The second-order valence-corrected chi connectivity index (χ2v) is 8.07. The molecule has 2 N–H and O–H groups in total. The summed E-state index contributed by atoms with van der Waals surface area (Å²) >= 11 is 0. The Morgan fingerprint density at radius 2 is 1.93 bits per heavy atom. The highest BCUT2D eigenvalue weighted by Gasteiger charge is 2.21. The Morgan fingerprint density at radius 1 is 1.26 bits per heavy atom. The summed E-state index contributed by atoms with van der Waals surface area (Å²) in [6, 6.07) is 4.07. The van der Waals surface area contributed by atoms with Gasteiger partial charge in [0, 0.05) is 25.3 Å². The van der Waals surface area contributed by atoms with E-state index in [4.69, 9.17) is 4.42 Å². The van der Waals surface area contributed by atoms with Gasteiger partial charge in [0.2, 0.25) is 0 Å². The van der Waals surface area contributed by atoms with E-state index in [0.717, 1.165) is 16.1 Å². The molecule has 0 radical (unpaired) electrons. The van der Waals surface area contributed by atoms with E-state index in [2.05, 4.69) is 10.3 Å². The molecule has 1 amide bonds. The van der Waals surface area contributed by atoms with Crippen molar-refractivity contribution in [3.05, 3.63) is 41.3 Å². The predicted molar refractivity (Wildman–Crippen MR) is 95.3 cm³/mol. The molecule has 1 aromatic carbocycles. The van der Waals surface area contributed by atoms with E-state index in [1.807, 2.05) is 18.6 Å². The molecule has 2 rings (SSSR count). The maximum atomic E-state index is 13.0. The number of amides is 1. The highest BCUT2D eigenvalue weighted by atomic mass is 32.2. The summed E-state index contributed by atoms with van der Waals surface area (Å²) < 4.78 is 57.1. The number of carbonyl (C=O) groups excluding carboxylic acids is 1. The van der Waals surface area contributed by atoms with Crippen LogP contribution in [0.4, 0.5) is 20.5 Å². The van der Waals surface area contributed by atoms with Crippen LogP contribution in [0.25, 0.3) is 0 Å². The van der Waals surface area contributed by atoms with Gasteiger partial charge in [-0.05, 0) is 17.5 Å². The van der Waals surface area contributed by atoms with Crippen molar-refractivity contribution in [3.63, 3.8) is 0 Å². The normalized spacial score (nSPS) is 12.0. The number of hydrogen-bond acceptors (Lipinski definition) is 6. The lowest BCUT2D eigenvalue weighted by atomic mass is 9.99. The molecule has 0 spiro atoms. The van der Waals surface area contributed by atoms with Crippen molar-refractivity contribution in [2.45, 2.75) is 26.2 Å². The molecular weight excluding hydrogens is 382 g/mol. The van der Waals surface area contributed by atoms with Crippen LogP contribution in [0.2, 0.25) is 0 Å². The molecule has 1 aromatic heterocycles. The summed E-state index contributed by atoms with van der Waals surface area (Å²) in [7, 11) is -1.46. The number of alkyl halides is 2. The third-order valence-electron chi connectivity index (χ3n) is 3.63. The van der Waals surface area contributed by atoms with Crippen molar-refractivity contribution in [2.24, 2.45) is 0 Å². The molecule has 2 aromatic rings. The van der Waals surface area contributed by atoms with Crippen molar-refractivity contribution in [1.29, 1.82) is 0 Å². The van der Waals surface area contributed by atoms with E-state index in [-0.39, 0.29) is 23.2 Å². The average molecular weight is 402 g/mol. The van der Waals surface area contributed by atoms with Gasteiger partial charge in [-0.25, -0.2) is 13.5 Å². The van der Waals surface area contributed by atoms with Crippen LogP contribution in [-0.4, -0.2) is 37.7 Å². The van der Waals surface area contributed by atoms with Gasteiger partial charge >= 0.3 is 10.2 Å². The summed E-state index contributed by atoms with van der Waals surface area (Å²) in [6.45, 7) is 3.78. The summed E-state index contributed by atoms with van der Waals surface area (Å²) in [5.74, 6) is -0.951. The third kappa shape index (κ3) is 5.01. The molecule has 0 fully saturated rings. The number of hydrogen-bond donors (Lipinski definition) is 2. The number of oxazole rings is 1. The molecule has 0 saturated carbocycles.